The van der Waals surface area contributed by atoms with Crippen LogP contribution in [-0.4, -0.2) is 53.1 Å². The van der Waals surface area contributed by atoms with Crippen molar-refractivity contribution in [3.8, 4) is 0 Å². The van der Waals surface area contributed by atoms with Gasteiger partial charge in [0, 0.05) is 44.0 Å². The van der Waals surface area contributed by atoms with Crippen LogP contribution in [-0.2, 0) is 4.79 Å². The Kier molecular flexibility index (Phi) is 5.54. The van der Waals surface area contributed by atoms with Crippen LogP contribution >= 0.6 is 0 Å². The summed E-state index contributed by atoms with van der Waals surface area (Å²) in [7, 11) is 0. The fourth-order valence-corrected chi connectivity index (χ4v) is 2.54. The fourth-order valence-electron chi connectivity index (χ4n) is 2.54. The van der Waals surface area contributed by atoms with E-state index in [9.17, 15) is 20.0 Å². The summed E-state index contributed by atoms with van der Waals surface area (Å²) in [4.78, 5) is 26.3. The standard InChI is InChI=1S/C16H23N3O4/c1-12(2)15(20)11-16(21)18-9-7-17(8-10-18)13-3-5-14(6-4-13)19(22)23/h3-6,12,15,20H,7-11H2,1-2H3. The molecule has 0 bridgehead atoms. The molecule has 1 fully saturated rings. The number of non-ortho nitro benzene ring substituents is 1. The number of hydrogen-bond acceptors (Lipinski definition) is 5. The number of amides is 1. The van der Waals surface area contributed by atoms with Crippen LogP contribution in [0.4, 0.5) is 11.4 Å². The Labute approximate surface area is 135 Å². The predicted molar refractivity (Wildman–Crippen MR) is 87.4 cm³/mol. The van der Waals surface area contributed by atoms with E-state index in [2.05, 4.69) is 4.90 Å². The number of hydrogen-bond donors (Lipinski definition) is 1. The summed E-state index contributed by atoms with van der Waals surface area (Å²) in [5.41, 5.74) is 0.996. The number of aliphatic hydroxyl groups is 1. The van der Waals surface area contributed by atoms with Gasteiger partial charge in [-0.25, -0.2) is 0 Å². The van der Waals surface area contributed by atoms with Crippen LogP contribution in [0.5, 0.6) is 0 Å². The summed E-state index contributed by atoms with van der Waals surface area (Å²) in [6, 6.07) is 6.45. The molecule has 0 aromatic heterocycles. The van der Waals surface area contributed by atoms with Gasteiger partial charge < -0.3 is 14.9 Å². The molecule has 2 rings (SSSR count). The zero-order valence-corrected chi connectivity index (χ0v) is 13.5. The number of piperazine rings is 1. The molecule has 1 aliphatic rings. The lowest BCUT2D eigenvalue weighted by Crippen LogP contribution is -2.49. The van der Waals surface area contributed by atoms with Gasteiger partial charge in [0.1, 0.15) is 0 Å². The Morgan fingerprint density at radius 1 is 1.22 bits per heavy atom. The maximum absolute atomic E-state index is 12.1. The number of anilines is 1. The van der Waals surface area contributed by atoms with Gasteiger partial charge in [0.2, 0.25) is 5.91 Å². The van der Waals surface area contributed by atoms with Crippen molar-refractivity contribution < 1.29 is 14.8 Å². The molecule has 0 spiro atoms. The molecule has 1 heterocycles. The molecule has 126 valence electrons. The van der Waals surface area contributed by atoms with E-state index in [1.807, 2.05) is 13.8 Å². The highest BCUT2D eigenvalue weighted by Gasteiger charge is 2.24. The van der Waals surface area contributed by atoms with Crippen LogP contribution in [0, 0.1) is 16.0 Å². The number of nitro groups is 1. The van der Waals surface area contributed by atoms with Crippen molar-refractivity contribution in [3.05, 3.63) is 34.4 Å². The summed E-state index contributed by atoms with van der Waals surface area (Å²) >= 11 is 0. The Bertz CT molecular complexity index is 551. The largest absolute Gasteiger partial charge is 0.392 e. The lowest BCUT2D eigenvalue weighted by Gasteiger charge is -2.36. The van der Waals surface area contributed by atoms with Crippen LogP contribution in [0.25, 0.3) is 0 Å². The normalized spacial score (nSPS) is 16.5. The summed E-state index contributed by atoms with van der Waals surface area (Å²) in [6.45, 7) is 6.35. The highest BCUT2D eigenvalue weighted by molar-refractivity contribution is 5.77. The lowest BCUT2D eigenvalue weighted by molar-refractivity contribution is -0.384. The number of aliphatic hydroxyl groups excluding tert-OH is 1. The van der Waals surface area contributed by atoms with Gasteiger partial charge in [0.25, 0.3) is 5.69 Å². The van der Waals surface area contributed by atoms with Gasteiger partial charge in [0.05, 0.1) is 17.4 Å². The minimum absolute atomic E-state index is 0.0189. The summed E-state index contributed by atoms with van der Waals surface area (Å²) in [6.07, 6.45) is -0.440. The highest BCUT2D eigenvalue weighted by atomic mass is 16.6. The third kappa shape index (κ3) is 4.41. The van der Waals surface area contributed by atoms with Crippen molar-refractivity contribution in [1.29, 1.82) is 0 Å². The molecule has 23 heavy (non-hydrogen) atoms. The number of rotatable bonds is 5. The van der Waals surface area contributed by atoms with Gasteiger partial charge >= 0.3 is 0 Å². The van der Waals surface area contributed by atoms with Crippen LogP contribution < -0.4 is 4.90 Å². The van der Waals surface area contributed by atoms with Gasteiger partial charge in [-0.05, 0) is 18.1 Å². The van der Waals surface area contributed by atoms with E-state index >= 15 is 0 Å². The highest BCUT2D eigenvalue weighted by Crippen LogP contribution is 2.21. The van der Waals surface area contributed by atoms with Crippen molar-refractivity contribution in [1.82, 2.24) is 4.90 Å². The average Bonchev–Trinajstić information content (AvgIpc) is 2.55. The van der Waals surface area contributed by atoms with E-state index in [1.54, 1.807) is 17.0 Å². The molecule has 1 saturated heterocycles. The molecule has 1 atom stereocenters. The van der Waals surface area contributed by atoms with Gasteiger partial charge in [-0.1, -0.05) is 13.8 Å². The van der Waals surface area contributed by atoms with E-state index in [0.717, 1.165) is 5.69 Å². The molecule has 1 aromatic carbocycles. The minimum atomic E-state index is -0.602. The Morgan fingerprint density at radius 2 is 1.78 bits per heavy atom. The first-order valence-electron chi connectivity index (χ1n) is 7.83. The smallest absolute Gasteiger partial charge is 0.269 e. The quantitative estimate of drug-likeness (QED) is 0.658. The Hall–Kier alpha value is -2.15. The topological polar surface area (TPSA) is 86.9 Å². The molecule has 1 aliphatic heterocycles. The molecular formula is C16H23N3O4. The molecule has 1 amide bonds. The monoisotopic (exact) mass is 321 g/mol. The van der Waals surface area contributed by atoms with Crippen LogP contribution in [0.3, 0.4) is 0 Å². The van der Waals surface area contributed by atoms with E-state index < -0.39 is 11.0 Å². The van der Waals surface area contributed by atoms with Gasteiger partial charge in [-0.15, -0.1) is 0 Å². The maximum atomic E-state index is 12.1. The van der Waals surface area contributed by atoms with Crippen LogP contribution in [0.15, 0.2) is 24.3 Å². The molecule has 0 aliphatic carbocycles. The lowest BCUT2D eigenvalue weighted by atomic mass is 10.0. The third-order valence-corrected chi connectivity index (χ3v) is 4.21. The molecule has 7 nitrogen and oxygen atoms in total. The zero-order chi connectivity index (χ0) is 17.0. The van der Waals surface area contributed by atoms with Crippen LogP contribution in [0.2, 0.25) is 0 Å². The first kappa shape index (κ1) is 17.2. The number of nitrogens with zero attached hydrogens (tertiary/aromatic N) is 3. The molecule has 1 unspecified atom stereocenters. The second-order valence-electron chi connectivity index (χ2n) is 6.16. The van der Waals surface area contributed by atoms with E-state index in [1.165, 1.54) is 12.1 Å². The van der Waals surface area contributed by atoms with Gasteiger partial charge in [-0.3, -0.25) is 14.9 Å². The predicted octanol–water partition coefficient (Wildman–Crippen LogP) is 1.65. The molecule has 7 heteroatoms. The summed E-state index contributed by atoms with van der Waals surface area (Å²) < 4.78 is 0. The zero-order valence-electron chi connectivity index (χ0n) is 13.5. The molecule has 1 N–H and O–H groups in total. The molecule has 0 radical (unpaired) electrons. The number of carbonyl (C=O) groups excluding carboxylic acids is 1. The van der Waals surface area contributed by atoms with Crippen LogP contribution in [0.1, 0.15) is 20.3 Å². The number of carbonyl (C=O) groups is 1. The third-order valence-electron chi connectivity index (χ3n) is 4.21. The fraction of sp³-hybridized carbons (Fsp3) is 0.562. The first-order chi connectivity index (χ1) is 10.9. The minimum Gasteiger partial charge on any atom is -0.392 e. The summed E-state index contributed by atoms with van der Waals surface area (Å²) in [5, 5.41) is 20.5. The molecule has 1 aromatic rings. The van der Waals surface area contributed by atoms with Crippen molar-refractivity contribution >= 4 is 17.3 Å². The Balaban J connectivity index is 1.88. The van der Waals surface area contributed by atoms with E-state index in [-0.39, 0.29) is 23.9 Å². The van der Waals surface area contributed by atoms with Crippen molar-refractivity contribution in [3.63, 3.8) is 0 Å². The van der Waals surface area contributed by atoms with Crippen molar-refractivity contribution in [2.75, 3.05) is 31.1 Å². The van der Waals surface area contributed by atoms with Gasteiger partial charge in [-0.2, -0.15) is 0 Å². The SMILES string of the molecule is CC(C)C(O)CC(=O)N1CCN(c2ccc([N+](=O)[O-])cc2)CC1. The first-order valence-corrected chi connectivity index (χ1v) is 7.83. The van der Waals surface area contributed by atoms with E-state index in [4.69, 9.17) is 0 Å². The number of benzene rings is 1. The van der Waals surface area contributed by atoms with Crippen molar-refractivity contribution in [2.45, 2.75) is 26.4 Å². The maximum Gasteiger partial charge on any atom is 0.269 e. The van der Waals surface area contributed by atoms with Crippen molar-refractivity contribution in [2.24, 2.45) is 5.92 Å². The second-order valence-corrected chi connectivity index (χ2v) is 6.16. The Morgan fingerprint density at radius 3 is 2.26 bits per heavy atom. The molecular weight excluding hydrogens is 298 g/mol. The van der Waals surface area contributed by atoms with E-state index in [0.29, 0.717) is 26.2 Å². The van der Waals surface area contributed by atoms with Gasteiger partial charge in [0.15, 0.2) is 0 Å². The molecule has 0 saturated carbocycles. The summed E-state index contributed by atoms with van der Waals surface area (Å²) in [5.74, 6) is 0.0508. The second kappa shape index (κ2) is 7.41. The average molecular weight is 321 g/mol. The number of nitro benzene ring substituents is 1.